The Bertz CT molecular complexity index is 830. The zero-order valence-electron chi connectivity index (χ0n) is 13.3. The highest BCUT2D eigenvalue weighted by Crippen LogP contribution is 2.21. The Morgan fingerprint density at radius 1 is 1.29 bits per heavy atom. The van der Waals surface area contributed by atoms with E-state index < -0.39 is 21.5 Å². The van der Waals surface area contributed by atoms with Crippen molar-refractivity contribution >= 4 is 9.84 Å². The average Bonchev–Trinajstić information content (AvgIpc) is 2.90. The van der Waals surface area contributed by atoms with Crippen molar-refractivity contribution in [2.24, 2.45) is 13.0 Å². The van der Waals surface area contributed by atoms with E-state index in [-0.39, 0.29) is 16.8 Å². The van der Waals surface area contributed by atoms with E-state index >= 15 is 0 Å². The summed E-state index contributed by atoms with van der Waals surface area (Å²) >= 11 is 0. The zero-order chi connectivity index (χ0) is 17.3. The number of aromatic nitrogens is 2. The third kappa shape index (κ3) is 3.64. The molecule has 130 valence electrons. The highest BCUT2D eigenvalue weighted by atomic mass is 32.2. The Balaban J connectivity index is 1.48. The summed E-state index contributed by atoms with van der Waals surface area (Å²) in [6, 6.07) is 3.58. The number of benzene rings is 1. The minimum absolute atomic E-state index is 0.0600. The van der Waals surface area contributed by atoms with Crippen LogP contribution in [0, 0.1) is 17.6 Å². The molecular formula is C16H19F2N3O2S. The fraction of sp³-hybridized carbons (Fsp3) is 0.438. The Kier molecular flexibility index (Phi) is 4.69. The molecule has 5 nitrogen and oxygen atoms in total. The maximum Gasteiger partial charge on any atom is 0.227 e. The van der Waals surface area contributed by atoms with Gasteiger partial charge in [0, 0.05) is 45.1 Å². The maximum absolute atomic E-state index is 13.6. The second-order valence-corrected chi connectivity index (χ2v) is 8.14. The Morgan fingerprint density at radius 3 is 2.67 bits per heavy atom. The number of nitrogens with zero attached hydrogens (tertiary/aromatic N) is 3. The van der Waals surface area contributed by atoms with Crippen LogP contribution in [0.1, 0.15) is 5.56 Å². The molecule has 1 aromatic heterocycles. The molecule has 1 saturated heterocycles. The molecule has 0 N–H and O–H groups in total. The molecule has 1 aliphatic heterocycles. The van der Waals surface area contributed by atoms with Crippen LogP contribution in [0.4, 0.5) is 8.78 Å². The fourth-order valence-corrected chi connectivity index (χ4v) is 4.71. The number of hydrogen-bond donors (Lipinski definition) is 0. The second-order valence-electron chi connectivity index (χ2n) is 6.21. The first-order valence-electron chi connectivity index (χ1n) is 7.71. The van der Waals surface area contributed by atoms with Crippen LogP contribution in [-0.4, -0.2) is 48.3 Å². The van der Waals surface area contributed by atoms with E-state index in [1.165, 1.54) is 22.9 Å². The summed E-state index contributed by atoms with van der Waals surface area (Å²) in [5.74, 6) is -0.992. The van der Waals surface area contributed by atoms with Gasteiger partial charge >= 0.3 is 0 Å². The predicted octanol–water partition coefficient (Wildman–Crippen LogP) is 1.65. The van der Waals surface area contributed by atoms with Crippen molar-refractivity contribution in [2.45, 2.75) is 11.6 Å². The largest absolute Gasteiger partial charge is 0.325 e. The number of halogens is 2. The molecule has 8 heteroatoms. The topological polar surface area (TPSA) is 55.2 Å². The summed E-state index contributed by atoms with van der Waals surface area (Å²) < 4.78 is 52.5. The van der Waals surface area contributed by atoms with Crippen molar-refractivity contribution in [1.29, 1.82) is 0 Å². The van der Waals surface area contributed by atoms with E-state index in [1.807, 2.05) is 0 Å². The molecule has 1 aromatic carbocycles. The van der Waals surface area contributed by atoms with E-state index in [1.54, 1.807) is 13.2 Å². The number of hydrogen-bond acceptors (Lipinski definition) is 4. The minimum Gasteiger partial charge on any atom is -0.325 e. The number of aryl methyl sites for hydroxylation is 1. The van der Waals surface area contributed by atoms with Crippen molar-refractivity contribution in [2.75, 3.05) is 25.4 Å². The Labute approximate surface area is 139 Å². The Morgan fingerprint density at radius 2 is 2.04 bits per heavy atom. The molecule has 1 fully saturated rings. The first-order chi connectivity index (χ1) is 11.3. The number of imidazole rings is 1. The summed E-state index contributed by atoms with van der Waals surface area (Å²) in [7, 11) is -1.73. The van der Waals surface area contributed by atoms with Gasteiger partial charge in [0.05, 0.1) is 5.75 Å². The number of rotatable bonds is 6. The number of likely N-dealkylation sites (tertiary alicyclic amines) is 1. The molecular weight excluding hydrogens is 336 g/mol. The van der Waals surface area contributed by atoms with Crippen LogP contribution >= 0.6 is 0 Å². The second kappa shape index (κ2) is 6.60. The third-order valence-electron chi connectivity index (χ3n) is 4.26. The summed E-state index contributed by atoms with van der Waals surface area (Å²) in [6.07, 6.45) is 3.55. The van der Waals surface area contributed by atoms with Gasteiger partial charge < -0.3 is 9.47 Å². The molecule has 2 aromatic rings. The lowest BCUT2D eigenvalue weighted by molar-refractivity contribution is 0.116. The van der Waals surface area contributed by atoms with Gasteiger partial charge in [-0.15, -0.1) is 0 Å². The summed E-state index contributed by atoms with van der Waals surface area (Å²) in [5.41, 5.74) is 0.473. The molecule has 0 spiro atoms. The van der Waals surface area contributed by atoms with Crippen LogP contribution in [0.3, 0.4) is 0 Å². The summed E-state index contributed by atoms with van der Waals surface area (Å²) in [4.78, 5) is 5.97. The van der Waals surface area contributed by atoms with Crippen LogP contribution in [-0.2, 0) is 23.3 Å². The van der Waals surface area contributed by atoms with Gasteiger partial charge in [-0.1, -0.05) is 6.07 Å². The van der Waals surface area contributed by atoms with Gasteiger partial charge in [-0.25, -0.2) is 22.2 Å². The molecule has 1 aliphatic rings. The monoisotopic (exact) mass is 355 g/mol. The molecule has 2 heterocycles. The smallest absolute Gasteiger partial charge is 0.227 e. The van der Waals surface area contributed by atoms with Crippen LogP contribution in [0.25, 0.3) is 0 Å². The molecule has 0 saturated carbocycles. The molecule has 0 amide bonds. The van der Waals surface area contributed by atoms with Gasteiger partial charge in [0.1, 0.15) is 11.6 Å². The van der Waals surface area contributed by atoms with Crippen LogP contribution in [0.15, 0.2) is 35.7 Å². The highest BCUT2D eigenvalue weighted by molar-refractivity contribution is 7.91. The lowest BCUT2D eigenvalue weighted by Gasteiger charge is -2.39. The van der Waals surface area contributed by atoms with E-state index in [2.05, 4.69) is 9.88 Å². The minimum atomic E-state index is -3.39. The van der Waals surface area contributed by atoms with E-state index in [0.717, 1.165) is 6.07 Å². The van der Waals surface area contributed by atoms with E-state index in [0.29, 0.717) is 31.6 Å². The van der Waals surface area contributed by atoms with Crippen LogP contribution < -0.4 is 0 Å². The maximum atomic E-state index is 13.6. The van der Waals surface area contributed by atoms with Gasteiger partial charge in [0.25, 0.3) is 0 Å². The molecule has 0 aliphatic carbocycles. The van der Waals surface area contributed by atoms with Gasteiger partial charge in [-0.05, 0) is 24.0 Å². The Hall–Kier alpha value is -1.80. The lowest BCUT2D eigenvalue weighted by Crippen LogP contribution is -2.50. The standard InChI is InChI=1S/C16H19F2N3O2S/c1-20-7-5-19-16(20)24(22,23)11-12-9-21(10-12)6-4-13-2-3-14(17)8-15(13)18/h2-3,5,7-8,12H,4,6,9-11H2,1H3. The molecule has 0 unspecified atom stereocenters. The predicted molar refractivity (Wildman–Crippen MR) is 85.3 cm³/mol. The SMILES string of the molecule is Cn1ccnc1S(=O)(=O)CC1CN(CCc2ccc(F)cc2F)C1. The van der Waals surface area contributed by atoms with E-state index in [9.17, 15) is 17.2 Å². The van der Waals surface area contributed by atoms with Crippen molar-refractivity contribution in [3.8, 4) is 0 Å². The van der Waals surface area contributed by atoms with Crippen LogP contribution in [0.5, 0.6) is 0 Å². The first-order valence-corrected chi connectivity index (χ1v) is 9.37. The van der Waals surface area contributed by atoms with Crippen molar-refractivity contribution in [1.82, 2.24) is 14.5 Å². The van der Waals surface area contributed by atoms with Crippen LogP contribution in [0.2, 0.25) is 0 Å². The van der Waals surface area contributed by atoms with Gasteiger partial charge in [-0.3, -0.25) is 0 Å². The molecule has 24 heavy (non-hydrogen) atoms. The normalized spacial score (nSPS) is 16.3. The van der Waals surface area contributed by atoms with Gasteiger partial charge in [-0.2, -0.15) is 0 Å². The summed E-state index contributed by atoms with van der Waals surface area (Å²) in [6.45, 7) is 1.94. The van der Waals surface area contributed by atoms with Crippen molar-refractivity contribution in [3.63, 3.8) is 0 Å². The molecule has 0 radical (unpaired) electrons. The average molecular weight is 355 g/mol. The summed E-state index contributed by atoms with van der Waals surface area (Å²) in [5, 5.41) is 0.0920. The quantitative estimate of drug-likeness (QED) is 0.791. The molecule has 3 rings (SSSR count). The fourth-order valence-electron chi connectivity index (χ4n) is 3.00. The first kappa shape index (κ1) is 17.0. The van der Waals surface area contributed by atoms with E-state index in [4.69, 9.17) is 0 Å². The highest BCUT2D eigenvalue weighted by Gasteiger charge is 2.32. The lowest BCUT2D eigenvalue weighted by atomic mass is 10.0. The van der Waals surface area contributed by atoms with Crippen molar-refractivity contribution in [3.05, 3.63) is 47.8 Å². The zero-order valence-corrected chi connectivity index (χ0v) is 14.1. The molecule has 0 atom stereocenters. The third-order valence-corrected chi connectivity index (χ3v) is 6.12. The van der Waals surface area contributed by atoms with Gasteiger partial charge in [0.15, 0.2) is 0 Å². The van der Waals surface area contributed by atoms with Gasteiger partial charge in [0.2, 0.25) is 15.0 Å². The molecule has 0 bridgehead atoms. The van der Waals surface area contributed by atoms with Crippen molar-refractivity contribution < 1.29 is 17.2 Å². The number of sulfone groups is 1.